The Balaban J connectivity index is 2.08. The third-order valence-corrected chi connectivity index (χ3v) is 5.75. The van der Waals surface area contributed by atoms with Crippen molar-refractivity contribution in [3.05, 3.63) is 40.5 Å². The van der Waals surface area contributed by atoms with E-state index in [4.69, 9.17) is 14.6 Å². The Morgan fingerprint density at radius 2 is 1.84 bits per heavy atom. The molecule has 0 amide bonds. The van der Waals surface area contributed by atoms with E-state index in [1.165, 1.54) is 9.20 Å². The molecule has 2 N–H and O–H groups in total. The molecule has 202 valence electrons. The van der Waals surface area contributed by atoms with Crippen molar-refractivity contribution < 1.29 is 37.2 Å². The first kappa shape index (κ1) is 28.2. The highest BCUT2D eigenvalue weighted by molar-refractivity contribution is 5.95. The van der Waals surface area contributed by atoms with Gasteiger partial charge < -0.3 is 19.9 Å². The number of Topliss-reactive ketones (excluding diaryl/α,β-unsaturated/α-hetero) is 1. The third kappa shape index (κ3) is 6.68. The van der Waals surface area contributed by atoms with E-state index in [0.717, 1.165) is 5.56 Å². The van der Waals surface area contributed by atoms with Gasteiger partial charge in [0.05, 0.1) is 18.8 Å². The fourth-order valence-corrected chi connectivity index (χ4v) is 3.70. The van der Waals surface area contributed by atoms with E-state index in [2.05, 4.69) is 15.5 Å². The Morgan fingerprint density at radius 3 is 2.43 bits per heavy atom. The van der Waals surface area contributed by atoms with E-state index in [0.29, 0.717) is 34.7 Å². The number of aliphatic hydroxyl groups excluding tert-OH is 1. The summed E-state index contributed by atoms with van der Waals surface area (Å²) >= 11 is 0. The maximum atomic E-state index is 13.4. The number of nitrogens with one attached hydrogen (secondary N) is 1. The quantitative estimate of drug-likeness (QED) is 0.309. The number of hydrogen-bond acceptors (Lipinski definition) is 7. The van der Waals surface area contributed by atoms with Gasteiger partial charge in [-0.25, -0.2) is 0 Å². The van der Waals surface area contributed by atoms with Crippen LogP contribution in [0, 0.1) is 13.8 Å². The number of nitrogens with zero attached hydrogens (tertiary/aromatic N) is 4. The van der Waals surface area contributed by atoms with Gasteiger partial charge in [-0.2, -0.15) is 13.2 Å². The second-order valence-corrected chi connectivity index (χ2v) is 9.66. The van der Waals surface area contributed by atoms with Gasteiger partial charge in [0.2, 0.25) is 5.78 Å². The minimum absolute atomic E-state index is 0.0716. The number of carbonyl (C=O) groups excluding carboxylic acids is 1. The topological polar surface area (TPSA) is 102 Å². The molecule has 37 heavy (non-hydrogen) atoms. The summed E-state index contributed by atoms with van der Waals surface area (Å²) in [5, 5.41) is 20.0. The first-order valence-electron chi connectivity index (χ1n) is 11.9. The Morgan fingerprint density at radius 1 is 1.14 bits per heavy atom. The molecule has 0 radical (unpaired) electrons. The van der Waals surface area contributed by atoms with Gasteiger partial charge in [-0.05, 0) is 60.1 Å². The largest absolute Gasteiger partial charge is 0.491 e. The number of aryl methyl sites for hydroxylation is 1. The van der Waals surface area contributed by atoms with Gasteiger partial charge in [0.25, 0.3) is 5.88 Å². The summed E-state index contributed by atoms with van der Waals surface area (Å²) in [4.78, 5) is 13.4. The van der Waals surface area contributed by atoms with Crippen molar-refractivity contribution in [1.29, 1.82) is 0 Å². The molecule has 0 saturated heterocycles. The van der Waals surface area contributed by atoms with Gasteiger partial charge in [-0.1, -0.05) is 25.3 Å². The predicted molar refractivity (Wildman–Crippen MR) is 130 cm³/mol. The van der Waals surface area contributed by atoms with Crippen molar-refractivity contribution >= 4 is 17.4 Å². The van der Waals surface area contributed by atoms with Crippen LogP contribution in [0.4, 0.5) is 19.1 Å². The van der Waals surface area contributed by atoms with E-state index in [-0.39, 0.29) is 42.8 Å². The molecule has 0 aliphatic rings. The number of ether oxygens (including phenoxy) is 2. The Hall–Kier alpha value is -3.41. The maximum absolute atomic E-state index is 13.4. The molecule has 12 heteroatoms. The number of fused-ring (bicyclic) bond motifs is 1. The first-order chi connectivity index (χ1) is 17.2. The molecule has 0 saturated carbocycles. The number of halogens is 3. The standard InChI is InChI=1S/C25H33F3N5O4/c1-7-36-21-15(2)16(3)22-32(31-23(33(22)30-21)29-14-25(26,27)28)13-20(35)17-10-18(24(4,5)6)12-19(11-17)37-9-8-34/h10-12,34H,7-9,13-14H2,1-6H3,(H,29,31)/q+1. The molecule has 9 nitrogen and oxygen atoms in total. The van der Waals surface area contributed by atoms with Crippen molar-refractivity contribution in [3.63, 3.8) is 0 Å². The van der Waals surface area contributed by atoms with Crippen LogP contribution in [0.2, 0.25) is 0 Å². The fraction of sp³-hybridized carbons (Fsp3) is 0.520. The highest BCUT2D eigenvalue weighted by Gasteiger charge is 2.32. The van der Waals surface area contributed by atoms with Crippen molar-refractivity contribution in [3.8, 4) is 11.6 Å². The van der Waals surface area contributed by atoms with E-state index >= 15 is 0 Å². The summed E-state index contributed by atoms with van der Waals surface area (Å²) in [5.41, 5.74) is 2.63. The van der Waals surface area contributed by atoms with E-state index in [9.17, 15) is 18.0 Å². The Kier molecular flexibility index (Phi) is 8.31. The van der Waals surface area contributed by atoms with Crippen LogP contribution in [-0.2, 0) is 12.0 Å². The summed E-state index contributed by atoms with van der Waals surface area (Å²) in [7, 11) is 0. The third-order valence-electron chi connectivity index (χ3n) is 5.75. The molecular formula is C25H33F3N5O4+. The lowest BCUT2D eigenvalue weighted by Gasteiger charge is -2.21. The molecule has 0 unspecified atom stereocenters. The number of hydrogen-bond donors (Lipinski definition) is 2. The molecular weight excluding hydrogens is 491 g/mol. The number of rotatable bonds is 10. The van der Waals surface area contributed by atoms with Crippen LogP contribution in [0.25, 0.3) is 5.65 Å². The van der Waals surface area contributed by atoms with Gasteiger partial charge in [-0.3, -0.25) is 4.79 Å². The molecule has 0 bridgehead atoms. The second-order valence-electron chi connectivity index (χ2n) is 9.66. The highest BCUT2D eigenvalue weighted by Crippen LogP contribution is 2.28. The molecule has 1 aromatic carbocycles. The fourth-order valence-electron chi connectivity index (χ4n) is 3.70. The average Bonchev–Trinajstić information content (AvgIpc) is 3.15. The second kappa shape index (κ2) is 10.9. The SMILES string of the molecule is CCOc1nn2c(NCC(F)(F)F)n[n+](CC(=O)c3cc(OCCO)cc(C(C)(C)C)c3)c2c(C)c1C. The van der Waals surface area contributed by atoms with Crippen LogP contribution in [0.5, 0.6) is 11.6 Å². The van der Waals surface area contributed by atoms with Gasteiger partial charge >= 0.3 is 17.8 Å². The predicted octanol–water partition coefficient (Wildman–Crippen LogP) is 3.56. The van der Waals surface area contributed by atoms with Crippen LogP contribution in [0.3, 0.4) is 0 Å². The van der Waals surface area contributed by atoms with Crippen molar-refractivity contribution in [2.45, 2.75) is 59.7 Å². The van der Waals surface area contributed by atoms with Crippen molar-refractivity contribution in [2.24, 2.45) is 0 Å². The zero-order valence-corrected chi connectivity index (χ0v) is 21.9. The Labute approximate surface area is 213 Å². The van der Waals surface area contributed by atoms with Gasteiger partial charge in [0.15, 0.2) is 6.54 Å². The van der Waals surface area contributed by atoms with Crippen LogP contribution in [-0.4, -0.2) is 58.1 Å². The number of aromatic nitrogens is 4. The normalized spacial score (nSPS) is 12.2. The number of aliphatic hydroxyl groups is 1. The van der Waals surface area contributed by atoms with Crippen LogP contribution in [0.1, 0.15) is 54.7 Å². The van der Waals surface area contributed by atoms with Gasteiger partial charge in [0.1, 0.15) is 18.9 Å². The van der Waals surface area contributed by atoms with Crippen LogP contribution >= 0.6 is 0 Å². The molecule has 0 aliphatic carbocycles. The zero-order valence-electron chi connectivity index (χ0n) is 21.9. The minimum atomic E-state index is -4.48. The summed E-state index contributed by atoms with van der Waals surface area (Å²) in [6.07, 6.45) is -4.48. The summed E-state index contributed by atoms with van der Waals surface area (Å²) in [6, 6.07) is 5.16. The van der Waals surface area contributed by atoms with Crippen molar-refractivity contribution in [1.82, 2.24) is 14.7 Å². The van der Waals surface area contributed by atoms with Gasteiger partial charge in [0, 0.05) is 11.1 Å². The first-order valence-corrected chi connectivity index (χ1v) is 11.9. The number of carbonyl (C=O) groups is 1. The lowest BCUT2D eigenvalue weighted by atomic mass is 9.85. The average molecular weight is 525 g/mol. The lowest BCUT2D eigenvalue weighted by Crippen LogP contribution is -2.41. The smallest absolute Gasteiger partial charge is 0.405 e. The van der Waals surface area contributed by atoms with Crippen molar-refractivity contribution in [2.75, 3.05) is 31.7 Å². The molecule has 0 aliphatic heterocycles. The van der Waals surface area contributed by atoms with Crippen LogP contribution in [0.15, 0.2) is 18.2 Å². The number of ketones is 1. The Bertz CT molecular complexity index is 1280. The number of benzene rings is 1. The molecule has 0 atom stereocenters. The minimum Gasteiger partial charge on any atom is -0.491 e. The van der Waals surface area contributed by atoms with E-state index in [1.807, 2.05) is 26.8 Å². The molecule has 0 spiro atoms. The maximum Gasteiger partial charge on any atom is 0.405 e. The summed E-state index contributed by atoms with van der Waals surface area (Å²) in [5.74, 6) is 0.215. The van der Waals surface area contributed by atoms with Crippen LogP contribution < -0.4 is 19.5 Å². The zero-order chi connectivity index (χ0) is 27.5. The summed E-state index contributed by atoms with van der Waals surface area (Å²) < 4.78 is 52.5. The molecule has 2 heterocycles. The molecule has 2 aromatic heterocycles. The van der Waals surface area contributed by atoms with Gasteiger partial charge in [-0.15, -0.1) is 4.68 Å². The molecule has 3 aromatic rings. The summed E-state index contributed by atoms with van der Waals surface area (Å²) in [6.45, 7) is 9.97. The van der Waals surface area contributed by atoms with E-state index in [1.54, 1.807) is 32.9 Å². The van der Waals surface area contributed by atoms with E-state index < -0.39 is 12.7 Å². The lowest BCUT2D eigenvalue weighted by molar-refractivity contribution is -0.714. The highest BCUT2D eigenvalue weighted by atomic mass is 19.4. The molecule has 0 fully saturated rings. The molecule has 3 rings (SSSR count). The number of alkyl halides is 3. The number of anilines is 1. The monoisotopic (exact) mass is 524 g/mol.